The Hall–Kier alpha value is -0.900. The molecular weight excluding hydrogens is 202 g/mol. The van der Waals surface area contributed by atoms with E-state index in [4.69, 9.17) is 0 Å². The van der Waals surface area contributed by atoms with Gasteiger partial charge in [0.15, 0.2) is 0 Å². The fourth-order valence-corrected chi connectivity index (χ4v) is 2.42. The largest absolute Gasteiger partial charge is 0.389 e. The van der Waals surface area contributed by atoms with Crippen molar-refractivity contribution in [2.45, 2.75) is 44.7 Å². The van der Waals surface area contributed by atoms with E-state index in [1.165, 1.54) is 5.56 Å². The Morgan fingerprint density at radius 1 is 1.00 bits per heavy atom. The van der Waals surface area contributed by atoms with Crippen molar-refractivity contribution >= 4 is 0 Å². The lowest BCUT2D eigenvalue weighted by atomic mass is 10.1. The Morgan fingerprint density at radius 2 is 1.50 bits per heavy atom. The first-order chi connectivity index (χ1) is 7.61. The van der Waals surface area contributed by atoms with Crippen LogP contribution in [0.25, 0.3) is 0 Å². The molecule has 0 amide bonds. The van der Waals surface area contributed by atoms with Crippen LogP contribution in [0.1, 0.15) is 19.4 Å². The van der Waals surface area contributed by atoms with Gasteiger partial charge in [0.25, 0.3) is 0 Å². The summed E-state index contributed by atoms with van der Waals surface area (Å²) in [7, 11) is 0. The van der Waals surface area contributed by atoms with Crippen LogP contribution in [0, 0.1) is 0 Å². The molecule has 0 aromatic heterocycles. The molecule has 2 rings (SSSR count). The molecular formula is C13H19NO2. The summed E-state index contributed by atoms with van der Waals surface area (Å²) in [4.78, 5) is 2.14. The molecule has 3 nitrogen and oxygen atoms in total. The van der Waals surface area contributed by atoms with Gasteiger partial charge in [0.05, 0.1) is 12.2 Å². The number of likely N-dealkylation sites (tertiary alicyclic amines) is 1. The molecule has 3 heteroatoms. The summed E-state index contributed by atoms with van der Waals surface area (Å²) < 4.78 is 0. The molecule has 88 valence electrons. The standard InChI is InChI=1S/C13H19NO2/c1-9-12(15)13(16)10(2)14(9)8-11-6-4-3-5-7-11/h3-7,9-10,12-13,15-16H,8H2,1-2H3/t9-,10+,12-,13+. The topological polar surface area (TPSA) is 43.7 Å². The summed E-state index contributed by atoms with van der Waals surface area (Å²) in [5.74, 6) is 0. The Labute approximate surface area is 96.3 Å². The summed E-state index contributed by atoms with van der Waals surface area (Å²) in [6.07, 6.45) is -1.28. The van der Waals surface area contributed by atoms with Crippen LogP contribution in [0.15, 0.2) is 30.3 Å². The average Bonchev–Trinajstić information content (AvgIpc) is 2.48. The summed E-state index contributed by atoms with van der Waals surface area (Å²) in [6, 6.07) is 10.1. The van der Waals surface area contributed by atoms with E-state index in [9.17, 15) is 10.2 Å². The van der Waals surface area contributed by atoms with Gasteiger partial charge in [0.2, 0.25) is 0 Å². The second kappa shape index (κ2) is 4.53. The van der Waals surface area contributed by atoms with Crippen molar-refractivity contribution in [3.05, 3.63) is 35.9 Å². The maximum absolute atomic E-state index is 9.79. The number of benzene rings is 1. The van der Waals surface area contributed by atoms with E-state index in [0.29, 0.717) is 0 Å². The predicted molar refractivity (Wildman–Crippen MR) is 62.9 cm³/mol. The lowest BCUT2D eigenvalue weighted by molar-refractivity contribution is 0.0327. The summed E-state index contributed by atoms with van der Waals surface area (Å²) in [5.41, 5.74) is 1.21. The summed E-state index contributed by atoms with van der Waals surface area (Å²) in [5, 5.41) is 19.6. The van der Waals surface area contributed by atoms with Crippen LogP contribution >= 0.6 is 0 Å². The molecule has 0 spiro atoms. The maximum atomic E-state index is 9.79. The minimum absolute atomic E-state index is 0.00482. The van der Waals surface area contributed by atoms with Gasteiger partial charge in [0.1, 0.15) is 0 Å². The molecule has 0 unspecified atom stereocenters. The molecule has 1 fully saturated rings. The second-order valence-electron chi connectivity index (χ2n) is 4.62. The molecule has 0 saturated carbocycles. The first-order valence-corrected chi connectivity index (χ1v) is 5.77. The van der Waals surface area contributed by atoms with E-state index in [0.717, 1.165) is 6.54 Å². The molecule has 0 radical (unpaired) electrons. The van der Waals surface area contributed by atoms with Gasteiger partial charge in [-0.1, -0.05) is 30.3 Å². The molecule has 1 aromatic rings. The van der Waals surface area contributed by atoms with Gasteiger partial charge in [-0.3, -0.25) is 4.90 Å². The number of aliphatic hydroxyl groups excluding tert-OH is 2. The highest BCUT2D eigenvalue weighted by Gasteiger charge is 2.42. The molecule has 2 N–H and O–H groups in total. The van der Waals surface area contributed by atoms with Crippen molar-refractivity contribution in [1.29, 1.82) is 0 Å². The first-order valence-electron chi connectivity index (χ1n) is 5.77. The zero-order chi connectivity index (χ0) is 11.7. The van der Waals surface area contributed by atoms with Crippen molar-refractivity contribution in [2.75, 3.05) is 0 Å². The number of rotatable bonds is 2. The fraction of sp³-hybridized carbons (Fsp3) is 0.538. The highest BCUT2D eigenvalue weighted by molar-refractivity contribution is 5.15. The quantitative estimate of drug-likeness (QED) is 0.783. The van der Waals surface area contributed by atoms with E-state index >= 15 is 0 Å². The molecule has 0 aliphatic carbocycles. The number of nitrogens with zero attached hydrogens (tertiary/aromatic N) is 1. The molecule has 1 aliphatic rings. The van der Waals surface area contributed by atoms with Crippen LogP contribution in [0.5, 0.6) is 0 Å². The molecule has 16 heavy (non-hydrogen) atoms. The van der Waals surface area contributed by atoms with Crippen LogP contribution in [0.4, 0.5) is 0 Å². The van der Waals surface area contributed by atoms with Gasteiger partial charge in [-0.05, 0) is 19.4 Å². The van der Waals surface area contributed by atoms with Crippen LogP contribution < -0.4 is 0 Å². The Morgan fingerprint density at radius 3 is 2.00 bits per heavy atom. The van der Waals surface area contributed by atoms with Gasteiger partial charge in [-0.15, -0.1) is 0 Å². The minimum Gasteiger partial charge on any atom is -0.389 e. The minimum atomic E-state index is -0.640. The van der Waals surface area contributed by atoms with Gasteiger partial charge >= 0.3 is 0 Å². The Kier molecular flexibility index (Phi) is 3.28. The van der Waals surface area contributed by atoms with E-state index in [1.807, 2.05) is 32.0 Å². The van der Waals surface area contributed by atoms with Crippen molar-refractivity contribution < 1.29 is 10.2 Å². The van der Waals surface area contributed by atoms with E-state index < -0.39 is 12.2 Å². The molecule has 1 saturated heterocycles. The summed E-state index contributed by atoms with van der Waals surface area (Å²) >= 11 is 0. The third-order valence-electron chi connectivity index (χ3n) is 3.59. The number of hydrogen-bond acceptors (Lipinski definition) is 3. The molecule has 1 aliphatic heterocycles. The number of hydrogen-bond donors (Lipinski definition) is 2. The molecule has 1 aromatic carbocycles. The zero-order valence-electron chi connectivity index (χ0n) is 9.74. The molecule has 0 bridgehead atoms. The van der Waals surface area contributed by atoms with Gasteiger partial charge in [-0.2, -0.15) is 0 Å². The van der Waals surface area contributed by atoms with E-state index in [1.54, 1.807) is 0 Å². The van der Waals surface area contributed by atoms with Gasteiger partial charge in [0, 0.05) is 18.6 Å². The van der Waals surface area contributed by atoms with Gasteiger partial charge in [-0.25, -0.2) is 0 Å². The normalized spacial score (nSPS) is 35.5. The second-order valence-corrected chi connectivity index (χ2v) is 4.62. The maximum Gasteiger partial charge on any atom is 0.0966 e. The van der Waals surface area contributed by atoms with Crippen LogP contribution in [0.2, 0.25) is 0 Å². The van der Waals surface area contributed by atoms with Gasteiger partial charge < -0.3 is 10.2 Å². The third-order valence-corrected chi connectivity index (χ3v) is 3.59. The molecule has 4 atom stereocenters. The number of aliphatic hydroxyl groups is 2. The van der Waals surface area contributed by atoms with E-state index in [2.05, 4.69) is 17.0 Å². The predicted octanol–water partition coefficient (Wildman–Crippen LogP) is 1.00. The average molecular weight is 221 g/mol. The Bertz CT molecular complexity index is 327. The van der Waals surface area contributed by atoms with Crippen LogP contribution in [0.3, 0.4) is 0 Å². The monoisotopic (exact) mass is 221 g/mol. The third kappa shape index (κ3) is 1.98. The lowest BCUT2D eigenvalue weighted by Crippen LogP contribution is -2.35. The highest BCUT2D eigenvalue weighted by Crippen LogP contribution is 2.26. The molecule has 1 heterocycles. The SMILES string of the molecule is C[C@@H]1[C@@H](O)[C@@H](O)[C@H](C)N1Cc1ccccc1. The van der Waals surface area contributed by atoms with Crippen molar-refractivity contribution in [3.63, 3.8) is 0 Å². The van der Waals surface area contributed by atoms with E-state index in [-0.39, 0.29) is 12.1 Å². The van der Waals surface area contributed by atoms with Crippen molar-refractivity contribution in [2.24, 2.45) is 0 Å². The highest BCUT2D eigenvalue weighted by atomic mass is 16.3. The smallest absolute Gasteiger partial charge is 0.0966 e. The zero-order valence-corrected chi connectivity index (χ0v) is 9.74. The van der Waals surface area contributed by atoms with Crippen molar-refractivity contribution in [1.82, 2.24) is 4.90 Å². The first kappa shape index (κ1) is 11.6. The Balaban J connectivity index is 2.11. The van der Waals surface area contributed by atoms with Crippen LogP contribution in [-0.2, 0) is 6.54 Å². The van der Waals surface area contributed by atoms with Crippen molar-refractivity contribution in [3.8, 4) is 0 Å². The lowest BCUT2D eigenvalue weighted by Gasteiger charge is -2.26. The van der Waals surface area contributed by atoms with Crippen LogP contribution in [-0.4, -0.2) is 39.4 Å². The fourth-order valence-electron chi connectivity index (χ4n) is 2.42. The summed E-state index contributed by atoms with van der Waals surface area (Å²) in [6.45, 7) is 4.69.